The number of fused-ring (bicyclic) bond motifs is 1. The monoisotopic (exact) mass is 289 g/mol. The molecular weight excluding hydrogens is 273 g/mol. The minimum Gasteiger partial charge on any atom is -0.496 e. The Morgan fingerprint density at radius 3 is 2.62 bits per heavy atom. The topological polar surface area (TPSA) is 53.7 Å². The van der Waals surface area contributed by atoms with Crippen LogP contribution in [0.4, 0.5) is 4.39 Å². The highest BCUT2D eigenvalue weighted by Crippen LogP contribution is 2.35. The molecule has 2 N–H and O–H groups in total. The van der Waals surface area contributed by atoms with E-state index < -0.39 is 6.04 Å². The van der Waals surface area contributed by atoms with E-state index in [1.54, 1.807) is 6.07 Å². The minimum atomic E-state index is -0.508. The van der Waals surface area contributed by atoms with Crippen molar-refractivity contribution in [2.75, 3.05) is 20.3 Å². The molecule has 1 unspecified atom stereocenters. The lowest BCUT2D eigenvalue weighted by molar-refractivity contribution is 0.171. The van der Waals surface area contributed by atoms with Gasteiger partial charge in [-0.3, -0.25) is 0 Å². The van der Waals surface area contributed by atoms with E-state index in [4.69, 9.17) is 19.9 Å². The molecule has 1 atom stereocenters. The minimum absolute atomic E-state index is 0.348. The van der Waals surface area contributed by atoms with Gasteiger partial charge in [0.1, 0.15) is 24.8 Å². The van der Waals surface area contributed by atoms with Crippen molar-refractivity contribution in [3.8, 4) is 17.2 Å². The zero-order chi connectivity index (χ0) is 14.8. The van der Waals surface area contributed by atoms with E-state index in [-0.39, 0.29) is 5.82 Å². The first-order valence-corrected chi connectivity index (χ1v) is 6.67. The molecule has 21 heavy (non-hydrogen) atoms. The lowest BCUT2D eigenvalue weighted by Crippen LogP contribution is -2.17. The van der Waals surface area contributed by atoms with E-state index in [1.165, 1.54) is 19.2 Å². The van der Waals surface area contributed by atoms with Gasteiger partial charge in [-0.05, 0) is 35.9 Å². The zero-order valence-electron chi connectivity index (χ0n) is 11.6. The number of nitrogens with two attached hydrogens (primary N) is 1. The van der Waals surface area contributed by atoms with E-state index >= 15 is 0 Å². The van der Waals surface area contributed by atoms with Crippen molar-refractivity contribution < 1.29 is 18.6 Å². The van der Waals surface area contributed by atoms with Crippen LogP contribution in [0.3, 0.4) is 0 Å². The van der Waals surface area contributed by atoms with Crippen LogP contribution in [0, 0.1) is 5.82 Å². The summed E-state index contributed by atoms with van der Waals surface area (Å²) in [6.07, 6.45) is 0. The van der Waals surface area contributed by atoms with Crippen LogP contribution in [0.15, 0.2) is 36.4 Å². The van der Waals surface area contributed by atoms with E-state index in [0.717, 1.165) is 5.56 Å². The summed E-state index contributed by atoms with van der Waals surface area (Å²) in [7, 11) is 1.53. The van der Waals surface area contributed by atoms with Gasteiger partial charge in [-0.2, -0.15) is 0 Å². The summed E-state index contributed by atoms with van der Waals surface area (Å²) >= 11 is 0. The third-order valence-electron chi connectivity index (χ3n) is 3.45. The highest BCUT2D eigenvalue weighted by atomic mass is 19.1. The van der Waals surface area contributed by atoms with Crippen LogP contribution in [0.25, 0.3) is 0 Å². The Bertz CT molecular complexity index is 660. The first kappa shape index (κ1) is 13.7. The average molecular weight is 289 g/mol. The molecule has 1 heterocycles. The van der Waals surface area contributed by atoms with Crippen LogP contribution in [0.2, 0.25) is 0 Å². The Hall–Kier alpha value is -2.27. The molecule has 0 aromatic heterocycles. The molecule has 2 aromatic rings. The van der Waals surface area contributed by atoms with Gasteiger partial charge in [-0.1, -0.05) is 6.07 Å². The first-order valence-electron chi connectivity index (χ1n) is 6.67. The van der Waals surface area contributed by atoms with Gasteiger partial charge in [-0.15, -0.1) is 0 Å². The molecule has 2 aromatic carbocycles. The molecule has 5 heteroatoms. The maximum Gasteiger partial charge on any atom is 0.161 e. The number of methoxy groups -OCH3 is 1. The molecule has 3 rings (SSSR count). The van der Waals surface area contributed by atoms with Crippen LogP contribution >= 0.6 is 0 Å². The van der Waals surface area contributed by atoms with Crippen molar-refractivity contribution in [3.05, 3.63) is 53.3 Å². The van der Waals surface area contributed by atoms with Gasteiger partial charge < -0.3 is 19.9 Å². The van der Waals surface area contributed by atoms with Crippen LogP contribution in [-0.4, -0.2) is 20.3 Å². The molecule has 110 valence electrons. The van der Waals surface area contributed by atoms with Gasteiger partial charge in [0.05, 0.1) is 13.2 Å². The lowest BCUT2D eigenvalue weighted by Gasteiger charge is -2.21. The summed E-state index contributed by atoms with van der Waals surface area (Å²) in [5, 5.41) is 0. The second-order valence-electron chi connectivity index (χ2n) is 4.77. The van der Waals surface area contributed by atoms with Crippen molar-refractivity contribution in [1.82, 2.24) is 0 Å². The third kappa shape index (κ3) is 2.64. The van der Waals surface area contributed by atoms with E-state index in [2.05, 4.69) is 0 Å². The normalized spacial score (nSPS) is 14.6. The van der Waals surface area contributed by atoms with E-state index in [9.17, 15) is 4.39 Å². The number of ether oxygens (including phenoxy) is 3. The first-order chi connectivity index (χ1) is 10.2. The quantitative estimate of drug-likeness (QED) is 0.944. The van der Waals surface area contributed by atoms with Gasteiger partial charge in [0.25, 0.3) is 0 Å². The van der Waals surface area contributed by atoms with Crippen molar-refractivity contribution >= 4 is 0 Å². The summed E-state index contributed by atoms with van der Waals surface area (Å²) in [6, 6.07) is 9.29. The predicted octanol–water partition coefficient (Wildman–Crippen LogP) is 2.65. The summed E-state index contributed by atoms with van der Waals surface area (Å²) in [4.78, 5) is 0. The van der Waals surface area contributed by atoms with Gasteiger partial charge in [0, 0.05) is 5.56 Å². The summed E-state index contributed by atoms with van der Waals surface area (Å²) < 4.78 is 29.8. The maximum absolute atomic E-state index is 13.5. The average Bonchev–Trinajstić information content (AvgIpc) is 2.53. The molecule has 0 aliphatic carbocycles. The Labute approximate surface area is 122 Å². The molecule has 1 aliphatic heterocycles. The SMILES string of the molecule is COc1ccc(F)cc1C(N)c1ccc2c(c1)OCCO2. The van der Waals surface area contributed by atoms with Crippen molar-refractivity contribution in [1.29, 1.82) is 0 Å². The molecule has 0 spiro atoms. The van der Waals surface area contributed by atoms with Crippen molar-refractivity contribution in [2.24, 2.45) is 5.73 Å². The maximum atomic E-state index is 13.5. The zero-order valence-corrected chi connectivity index (χ0v) is 11.6. The lowest BCUT2D eigenvalue weighted by atomic mass is 9.98. The van der Waals surface area contributed by atoms with Crippen LogP contribution in [-0.2, 0) is 0 Å². The smallest absolute Gasteiger partial charge is 0.161 e. The fraction of sp³-hybridized carbons (Fsp3) is 0.250. The third-order valence-corrected chi connectivity index (χ3v) is 3.45. The Balaban J connectivity index is 1.98. The number of hydrogen-bond acceptors (Lipinski definition) is 4. The van der Waals surface area contributed by atoms with Crippen LogP contribution in [0.5, 0.6) is 17.2 Å². The molecule has 0 fully saturated rings. The van der Waals surface area contributed by atoms with Gasteiger partial charge in [-0.25, -0.2) is 4.39 Å². The molecule has 0 bridgehead atoms. The highest BCUT2D eigenvalue weighted by molar-refractivity contribution is 5.48. The molecule has 0 radical (unpaired) electrons. The number of halogens is 1. The Kier molecular flexibility index (Phi) is 3.66. The number of rotatable bonds is 3. The summed E-state index contributed by atoms with van der Waals surface area (Å²) in [5.74, 6) is 1.56. The largest absolute Gasteiger partial charge is 0.496 e. The fourth-order valence-corrected chi connectivity index (χ4v) is 2.38. The molecule has 0 saturated heterocycles. The molecule has 0 amide bonds. The van der Waals surface area contributed by atoms with E-state index in [0.29, 0.717) is 36.0 Å². The fourth-order valence-electron chi connectivity index (χ4n) is 2.38. The standard InChI is InChI=1S/C16H16FNO3/c1-19-13-5-3-11(17)9-12(13)16(18)10-2-4-14-15(8-10)21-7-6-20-14/h2-5,8-9,16H,6-7,18H2,1H3. The van der Waals surface area contributed by atoms with Crippen molar-refractivity contribution in [3.63, 3.8) is 0 Å². The van der Waals surface area contributed by atoms with E-state index in [1.807, 2.05) is 18.2 Å². The van der Waals surface area contributed by atoms with Gasteiger partial charge in [0.2, 0.25) is 0 Å². The summed E-state index contributed by atoms with van der Waals surface area (Å²) in [6.45, 7) is 1.05. The second kappa shape index (κ2) is 5.61. The van der Waals surface area contributed by atoms with Crippen molar-refractivity contribution in [2.45, 2.75) is 6.04 Å². The Morgan fingerprint density at radius 1 is 1.10 bits per heavy atom. The second-order valence-corrected chi connectivity index (χ2v) is 4.77. The molecule has 1 aliphatic rings. The van der Waals surface area contributed by atoms with Crippen LogP contribution < -0.4 is 19.9 Å². The number of benzene rings is 2. The molecule has 0 saturated carbocycles. The number of hydrogen-bond donors (Lipinski definition) is 1. The van der Waals surface area contributed by atoms with Gasteiger partial charge in [0.15, 0.2) is 11.5 Å². The summed E-state index contributed by atoms with van der Waals surface area (Å²) in [5.41, 5.74) is 7.65. The Morgan fingerprint density at radius 2 is 1.86 bits per heavy atom. The van der Waals surface area contributed by atoms with Gasteiger partial charge >= 0.3 is 0 Å². The molecule has 4 nitrogen and oxygen atoms in total. The van der Waals surface area contributed by atoms with Crippen LogP contribution in [0.1, 0.15) is 17.2 Å². The predicted molar refractivity (Wildman–Crippen MR) is 76.4 cm³/mol. The highest BCUT2D eigenvalue weighted by Gasteiger charge is 2.18. The molecular formula is C16H16FNO3.